The van der Waals surface area contributed by atoms with Gasteiger partial charge in [0.1, 0.15) is 5.78 Å². The third-order valence-electron chi connectivity index (χ3n) is 11.8. The molecule has 6 rings (SSSR count). The molecule has 4 aliphatic carbocycles. The van der Waals surface area contributed by atoms with Gasteiger partial charge in [0, 0.05) is 31.5 Å². The molecule has 0 bridgehead atoms. The number of ketones is 1. The van der Waals surface area contributed by atoms with Crippen LogP contribution in [-0.2, 0) is 4.79 Å². The molecule has 6 fully saturated rings. The molecule has 0 spiro atoms. The van der Waals surface area contributed by atoms with Gasteiger partial charge in [0.2, 0.25) is 0 Å². The fourth-order valence-corrected chi connectivity index (χ4v) is 10.4. The van der Waals surface area contributed by atoms with E-state index < -0.39 is 5.60 Å². The predicted octanol–water partition coefficient (Wildman–Crippen LogP) is 3.89. The van der Waals surface area contributed by atoms with Crippen LogP contribution in [0, 0.1) is 52.8 Å². The lowest BCUT2D eigenvalue weighted by Gasteiger charge is -2.59. The fourth-order valence-electron chi connectivity index (χ4n) is 10.4. The molecule has 174 valence electrons. The van der Waals surface area contributed by atoms with Gasteiger partial charge in [-0.15, -0.1) is 0 Å². The Labute approximate surface area is 188 Å². The second kappa shape index (κ2) is 7.03. The number of carbonyl (C=O) groups excluding carboxylic acids is 1. The minimum atomic E-state index is -0.570. The highest BCUT2D eigenvalue weighted by atomic mass is 16.3. The summed E-state index contributed by atoms with van der Waals surface area (Å²) >= 11 is 0. The van der Waals surface area contributed by atoms with Gasteiger partial charge in [-0.05, 0) is 105 Å². The lowest BCUT2D eigenvalue weighted by Crippen LogP contribution is -2.67. The average Bonchev–Trinajstić information content (AvgIpc) is 3.09. The molecule has 2 aliphatic heterocycles. The summed E-state index contributed by atoms with van der Waals surface area (Å²) in [6.07, 6.45) is 9.08. The summed E-state index contributed by atoms with van der Waals surface area (Å²) in [7, 11) is 0. The molecular weight excluding hydrogens is 386 g/mol. The van der Waals surface area contributed by atoms with Crippen molar-refractivity contribution in [3.05, 3.63) is 0 Å². The van der Waals surface area contributed by atoms with Crippen molar-refractivity contribution >= 4 is 5.78 Å². The number of piperidine rings is 2. The van der Waals surface area contributed by atoms with E-state index in [2.05, 4.69) is 25.7 Å². The van der Waals surface area contributed by atoms with Crippen molar-refractivity contribution in [2.24, 2.45) is 52.8 Å². The van der Waals surface area contributed by atoms with E-state index >= 15 is 0 Å². The van der Waals surface area contributed by atoms with Crippen molar-refractivity contribution in [2.45, 2.75) is 96.3 Å². The Balaban J connectivity index is 1.31. The highest BCUT2D eigenvalue weighted by Gasteiger charge is 2.64. The fraction of sp³-hybridized carbons (Fsp3) is 0.963. The van der Waals surface area contributed by atoms with Crippen LogP contribution >= 0.6 is 0 Å². The number of carbonyl (C=O) groups is 1. The number of hydrogen-bond donors (Lipinski definition) is 2. The van der Waals surface area contributed by atoms with Gasteiger partial charge < -0.3 is 10.2 Å². The normalized spacial score (nSPS) is 59.2. The van der Waals surface area contributed by atoms with Crippen molar-refractivity contribution in [1.29, 1.82) is 0 Å². The average molecular weight is 430 g/mol. The number of aliphatic hydroxyl groups excluding tert-OH is 1. The summed E-state index contributed by atoms with van der Waals surface area (Å²) in [5, 5.41) is 22.1. The Kier molecular flexibility index (Phi) is 4.78. The summed E-state index contributed by atoms with van der Waals surface area (Å²) in [6.45, 7) is 9.23. The van der Waals surface area contributed by atoms with E-state index in [0.717, 1.165) is 44.6 Å². The molecule has 2 saturated heterocycles. The van der Waals surface area contributed by atoms with E-state index in [-0.39, 0.29) is 17.4 Å². The first-order valence-corrected chi connectivity index (χ1v) is 13.4. The van der Waals surface area contributed by atoms with Crippen LogP contribution in [0.25, 0.3) is 0 Å². The zero-order valence-electron chi connectivity index (χ0n) is 19.8. The molecule has 4 nitrogen and oxygen atoms in total. The SMILES string of the molecule is C[C@H]1CC[C@@H]2N(C1)C[C@H]1[C@@H]3C[C@H]4[C@@H](CC(=O)[C@@H]5C[C@@H](O)CC[C@@]54C)[C@@H]3CC[C@@H]1[C@]2(C)O. The van der Waals surface area contributed by atoms with E-state index in [4.69, 9.17) is 0 Å². The second-order valence-corrected chi connectivity index (χ2v) is 13.2. The first kappa shape index (κ1) is 21.1. The van der Waals surface area contributed by atoms with E-state index in [0.29, 0.717) is 53.8 Å². The van der Waals surface area contributed by atoms with Gasteiger partial charge in [0.05, 0.1) is 11.7 Å². The zero-order chi connectivity index (χ0) is 21.7. The first-order chi connectivity index (χ1) is 14.7. The van der Waals surface area contributed by atoms with E-state index in [1.807, 2.05) is 0 Å². The number of fused-ring (bicyclic) bond motifs is 8. The van der Waals surface area contributed by atoms with Gasteiger partial charge in [0.25, 0.3) is 0 Å². The van der Waals surface area contributed by atoms with Gasteiger partial charge >= 0.3 is 0 Å². The maximum Gasteiger partial charge on any atom is 0.136 e. The van der Waals surface area contributed by atoms with Crippen molar-refractivity contribution < 1.29 is 15.0 Å². The van der Waals surface area contributed by atoms with Crippen LogP contribution in [0.5, 0.6) is 0 Å². The standard InChI is InChI=1S/C27H43NO3/c1-15-4-7-25-27(3,31)21-6-5-17-18(20(21)14-28(25)13-15)11-22-19(17)12-24(30)23-10-16(29)8-9-26(22,23)2/h15-23,25,29,31H,4-14H2,1-3H3/t15-,16-,17+,18+,19-,20-,21-,22-,23-,25-,26+,27-/m0/s1. The van der Waals surface area contributed by atoms with Crippen LogP contribution < -0.4 is 0 Å². The van der Waals surface area contributed by atoms with Gasteiger partial charge in [-0.2, -0.15) is 0 Å². The molecule has 4 heteroatoms. The van der Waals surface area contributed by atoms with Crippen molar-refractivity contribution in [2.75, 3.05) is 13.1 Å². The third-order valence-corrected chi connectivity index (χ3v) is 11.8. The van der Waals surface area contributed by atoms with Crippen LogP contribution in [0.2, 0.25) is 0 Å². The monoisotopic (exact) mass is 429 g/mol. The Morgan fingerprint density at radius 2 is 1.71 bits per heavy atom. The van der Waals surface area contributed by atoms with E-state index in [1.165, 1.54) is 25.8 Å². The predicted molar refractivity (Wildman–Crippen MR) is 120 cm³/mol. The quantitative estimate of drug-likeness (QED) is 0.613. The minimum absolute atomic E-state index is 0.0789. The highest BCUT2D eigenvalue weighted by Crippen LogP contribution is 2.66. The maximum atomic E-state index is 13.2. The van der Waals surface area contributed by atoms with Gasteiger partial charge in [-0.1, -0.05) is 13.8 Å². The molecule has 31 heavy (non-hydrogen) atoms. The zero-order valence-corrected chi connectivity index (χ0v) is 19.8. The first-order valence-electron chi connectivity index (χ1n) is 13.4. The van der Waals surface area contributed by atoms with E-state index in [1.54, 1.807) is 0 Å². The van der Waals surface area contributed by atoms with Crippen LogP contribution in [0.3, 0.4) is 0 Å². The number of nitrogens with zero attached hydrogens (tertiary/aromatic N) is 1. The molecular formula is C27H43NO3. The van der Waals surface area contributed by atoms with E-state index in [9.17, 15) is 15.0 Å². The largest absolute Gasteiger partial charge is 0.393 e. The van der Waals surface area contributed by atoms with Crippen LogP contribution in [0.1, 0.15) is 78.6 Å². The molecule has 0 radical (unpaired) electrons. The van der Waals surface area contributed by atoms with Gasteiger partial charge in [-0.25, -0.2) is 0 Å². The number of Topliss-reactive ketones (excluding diaryl/α,β-unsaturated/α-hetero) is 1. The molecule has 0 amide bonds. The van der Waals surface area contributed by atoms with Crippen molar-refractivity contribution in [3.63, 3.8) is 0 Å². The summed E-state index contributed by atoms with van der Waals surface area (Å²) in [6, 6.07) is 0.341. The number of aliphatic hydroxyl groups is 2. The Morgan fingerprint density at radius 1 is 0.903 bits per heavy atom. The molecule has 0 aromatic carbocycles. The molecule has 2 heterocycles. The number of rotatable bonds is 0. The summed E-state index contributed by atoms with van der Waals surface area (Å²) in [4.78, 5) is 15.9. The highest BCUT2D eigenvalue weighted by molar-refractivity contribution is 5.83. The van der Waals surface area contributed by atoms with Gasteiger partial charge in [0.15, 0.2) is 0 Å². The molecule has 4 saturated carbocycles. The van der Waals surface area contributed by atoms with Gasteiger partial charge in [-0.3, -0.25) is 9.69 Å². The Hall–Kier alpha value is -0.450. The molecule has 0 unspecified atom stereocenters. The molecule has 6 aliphatic rings. The van der Waals surface area contributed by atoms with Crippen LogP contribution in [-0.4, -0.2) is 51.7 Å². The summed E-state index contributed by atoms with van der Waals surface area (Å²) < 4.78 is 0. The lowest BCUT2D eigenvalue weighted by molar-refractivity contribution is -0.175. The smallest absolute Gasteiger partial charge is 0.136 e. The van der Waals surface area contributed by atoms with Crippen LogP contribution in [0.4, 0.5) is 0 Å². The topological polar surface area (TPSA) is 60.8 Å². The number of hydrogen-bond acceptors (Lipinski definition) is 4. The van der Waals surface area contributed by atoms with Crippen LogP contribution in [0.15, 0.2) is 0 Å². The summed E-state index contributed by atoms with van der Waals surface area (Å²) in [5.74, 6) is 4.82. The Morgan fingerprint density at radius 3 is 2.52 bits per heavy atom. The molecule has 0 aromatic rings. The molecule has 2 N–H and O–H groups in total. The molecule has 0 aromatic heterocycles. The van der Waals surface area contributed by atoms with Crippen molar-refractivity contribution in [1.82, 2.24) is 4.90 Å². The lowest BCUT2D eigenvalue weighted by atomic mass is 9.51. The second-order valence-electron chi connectivity index (χ2n) is 13.2. The Bertz CT molecular complexity index is 751. The minimum Gasteiger partial charge on any atom is -0.393 e. The summed E-state index contributed by atoms with van der Waals surface area (Å²) in [5.41, 5.74) is -0.482. The third kappa shape index (κ3) is 2.93. The molecule has 12 atom stereocenters. The van der Waals surface area contributed by atoms with Crippen molar-refractivity contribution in [3.8, 4) is 0 Å². The maximum absolute atomic E-state index is 13.2.